The molecule has 30 heavy (non-hydrogen) atoms. The maximum Gasteiger partial charge on any atom is 0.416 e. The molecule has 2 heterocycles. The molecule has 11 heteroatoms. The Bertz CT molecular complexity index is 996. The monoisotopic (exact) mass is 422 g/mol. The maximum atomic E-state index is 12.8. The number of hydrogen-bond donors (Lipinski definition) is 1. The number of carbonyl (C=O) groups is 1. The van der Waals surface area contributed by atoms with E-state index < -0.39 is 17.6 Å². The molecule has 0 aliphatic heterocycles. The Balaban J connectivity index is 1.55. The van der Waals surface area contributed by atoms with Gasteiger partial charge in [0, 0.05) is 18.9 Å². The van der Waals surface area contributed by atoms with Gasteiger partial charge in [-0.3, -0.25) is 9.48 Å². The van der Waals surface area contributed by atoms with Crippen LogP contribution in [0.15, 0.2) is 48.9 Å². The lowest BCUT2D eigenvalue weighted by atomic mass is 10.2. The van der Waals surface area contributed by atoms with E-state index in [1.807, 2.05) is 19.0 Å². The molecule has 0 radical (unpaired) electrons. The van der Waals surface area contributed by atoms with Crippen molar-refractivity contribution in [1.29, 1.82) is 0 Å². The van der Waals surface area contributed by atoms with Crippen LogP contribution in [0.2, 0.25) is 0 Å². The number of rotatable bonds is 8. The van der Waals surface area contributed by atoms with E-state index >= 15 is 0 Å². The molecule has 0 atom stereocenters. The van der Waals surface area contributed by atoms with Crippen LogP contribution in [0.5, 0.6) is 5.75 Å². The van der Waals surface area contributed by atoms with Crippen LogP contribution in [0.1, 0.15) is 16.1 Å². The lowest BCUT2D eigenvalue weighted by Crippen LogP contribution is -2.18. The van der Waals surface area contributed by atoms with E-state index in [4.69, 9.17) is 4.74 Å². The number of likely N-dealkylation sites (N-methyl/N-ethyl adjacent to an activating group) is 1. The number of halogens is 3. The van der Waals surface area contributed by atoms with Crippen LogP contribution in [0.25, 0.3) is 0 Å². The number of hydrogen-bond acceptors (Lipinski definition) is 5. The van der Waals surface area contributed by atoms with Gasteiger partial charge in [-0.05, 0) is 38.4 Å². The van der Waals surface area contributed by atoms with Crippen molar-refractivity contribution in [3.05, 3.63) is 60.2 Å². The highest BCUT2D eigenvalue weighted by Gasteiger charge is 2.30. The molecule has 3 aromatic rings. The molecule has 0 spiro atoms. The van der Waals surface area contributed by atoms with E-state index in [-0.39, 0.29) is 18.2 Å². The summed E-state index contributed by atoms with van der Waals surface area (Å²) < 4.78 is 46.6. The number of nitrogens with zero attached hydrogens (tertiary/aromatic N) is 5. The Morgan fingerprint density at radius 3 is 2.77 bits per heavy atom. The standard InChI is InChI=1S/C19H21F3N6O2/c1-26(2)8-9-27-12-15(11-23-27)24-18(29)17-6-7-28(25-17)13-30-16-5-3-4-14(10-16)19(20,21)22/h3-7,10-12H,8-9,13H2,1-2H3,(H,24,29). The molecule has 0 aliphatic carbocycles. The maximum absolute atomic E-state index is 12.8. The van der Waals surface area contributed by atoms with Crippen molar-refractivity contribution in [2.45, 2.75) is 19.5 Å². The summed E-state index contributed by atoms with van der Waals surface area (Å²) in [5.74, 6) is -0.378. The molecule has 1 aromatic carbocycles. The van der Waals surface area contributed by atoms with Gasteiger partial charge < -0.3 is 15.0 Å². The van der Waals surface area contributed by atoms with E-state index in [0.29, 0.717) is 12.2 Å². The van der Waals surface area contributed by atoms with Crippen molar-refractivity contribution in [2.24, 2.45) is 0 Å². The fraction of sp³-hybridized carbons (Fsp3) is 0.316. The zero-order valence-corrected chi connectivity index (χ0v) is 16.4. The van der Waals surface area contributed by atoms with Gasteiger partial charge >= 0.3 is 6.18 Å². The molecular formula is C19H21F3N6O2. The predicted octanol–water partition coefficient (Wildman–Crippen LogP) is 2.95. The van der Waals surface area contributed by atoms with Gasteiger partial charge in [0.25, 0.3) is 5.91 Å². The highest BCUT2D eigenvalue weighted by atomic mass is 19.4. The number of carbonyl (C=O) groups excluding carboxylic acids is 1. The topological polar surface area (TPSA) is 77.2 Å². The molecule has 160 valence electrons. The second-order valence-electron chi connectivity index (χ2n) is 6.79. The van der Waals surface area contributed by atoms with Gasteiger partial charge in [0.15, 0.2) is 12.4 Å². The lowest BCUT2D eigenvalue weighted by Gasteiger charge is -2.10. The van der Waals surface area contributed by atoms with Crippen LogP contribution in [-0.2, 0) is 19.5 Å². The second-order valence-corrected chi connectivity index (χ2v) is 6.79. The molecule has 1 N–H and O–H groups in total. The number of alkyl halides is 3. The Kier molecular flexibility index (Phi) is 6.40. The summed E-state index contributed by atoms with van der Waals surface area (Å²) in [6.45, 7) is 1.35. The van der Waals surface area contributed by atoms with Crippen LogP contribution in [0.4, 0.5) is 18.9 Å². The summed E-state index contributed by atoms with van der Waals surface area (Å²) in [5, 5.41) is 11.0. The van der Waals surface area contributed by atoms with Crippen molar-refractivity contribution in [2.75, 3.05) is 26.0 Å². The molecule has 0 saturated carbocycles. The van der Waals surface area contributed by atoms with Crippen LogP contribution in [0, 0.1) is 0 Å². The minimum absolute atomic E-state index is 0.0523. The first-order chi connectivity index (χ1) is 14.2. The van der Waals surface area contributed by atoms with Crippen molar-refractivity contribution in [1.82, 2.24) is 24.5 Å². The van der Waals surface area contributed by atoms with Gasteiger partial charge in [-0.25, -0.2) is 4.68 Å². The molecule has 0 fully saturated rings. The molecule has 8 nitrogen and oxygen atoms in total. The van der Waals surface area contributed by atoms with E-state index in [0.717, 1.165) is 18.7 Å². The largest absolute Gasteiger partial charge is 0.471 e. The molecular weight excluding hydrogens is 401 g/mol. The van der Waals surface area contributed by atoms with Gasteiger partial charge in [0.1, 0.15) is 5.75 Å². The third-order valence-corrected chi connectivity index (χ3v) is 4.07. The van der Waals surface area contributed by atoms with Gasteiger partial charge in [-0.2, -0.15) is 23.4 Å². The van der Waals surface area contributed by atoms with Crippen LogP contribution < -0.4 is 10.1 Å². The van der Waals surface area contributed by atoms with Gasteiger partial charge in [0.05, 0.1) is 24.0 Å². The van der Waals surface area contributed by atoms with Crippen LogP contribution in [-0.4, -0.2) is 51.0 Å². The molecule has 3 rings (SSSR count). The SMILES string of the molecule is CN(C)CCn1cc(NC(=O)c2ccn(COc3cccc(C(F)(F)F)c3)n2)cn1. The van der Waals surface area contributed by atoms with Crippen LogP contribution >= 0.6 is 0 Å². The first kappa shape index (κ1) is 21.4. The molecule has 1 amide bonds. The van der Waals surface area contributed by atoms with E-state index in [1.165, 1.54) is 29.1 Å². The Hall–Kier alpha value is -3.34. The number of benzene rings is 1. The number of amides is 1. The first-order valence-corrected chi connectivity index (χ1v) is 9.03. The normalized spacial score (nSPS) is 11.7. The molecule has 0 saturated heterocycles. The third kappa shape index (κ3) is 5.83. The number of aromatic nitrogens is 4. The van der Waals surface area contributed by atoms with Gasteiger partial charge in [-0.15, -0.1) is 0 Å². The van der Waals surface area contributed by atoms with Crippen molar-refractivity contribution in [3.8, 4) is 5.75 Å². The fourth-order valence-electron chi connectivity index (χ4n) is 2.51. The lowest BCUT2D eigenvalue weighted by molar-refractivity contribution is -0.137. The highest BCUT2D eigenvalue weighted by Crippen LogP contribution is 2.31. The van der Waals surface area contributed by atoms with Crippen molar-refractivity contribution >= 4 is 11.6 Å². The van der Waals surface area contributed by atoms with Gasteiger partial charge in [0.2, 0.25) is 0 Å². The fourth-order valence-corrected chi connectivity index (χ4v) is 2.51. The van der Waals surface area contributed by atoms with Crippen LogP contribution in [0.3, 0.4) is 0 Å². The first-order valence-electron chi connectivity index (χ1n) is 9.03. The second kappa shape index (κ2) is 8.99. The zero-order chi connectivity index (χ0) is 21.7. The molecule has 0 unspecified atom stereocenters. The third-order valence-electron chi connectivity index (χ3n) is 4.07. The Morgan fingerprint density at radius 1 is 1.23 bits per heavy atom. The predicted molar refractivity (Wildman–Crippen MR) is 103 cm³/mol. The average Bonchev–Trinajstić information content (AvgIpc) is 3.34. The molecule has 2 aromatic heterocycles. The van der Waals surface area contributed by atoms with E-state index in [1.54, 1.807) is 17.1 Å². The smallest absolute Gasteiger partial charge is 0.416 e. The minimum Gasteiger partial charge on any atom is -0.471 e. The molecule has 0 bridgehead atoms. The van der Waals surface area contributed by atoms with E-state index in [2.05, 4.69) is 15.5 Å². The van der Waals surface area contributed by atoms with Crippen molar-refractivity contribution < 1.29 is 22.7 Å². The van der Waals surface area contributed by atoms with Gasteiger partial charge in [-0.1, -0.05) is 6.07 Å². The Labute approximate surface area is 170 Å². The van der Waals surface area contributed by atoms with Crippen molar-refractivity contribution in [3.63, 3.8) is 0 Å². The zero-order valence-electron chi connectivity index (χ0n) is 16.4. The minimum atomic E-state index is -4.45. The summed E-state index contributed by atoms with van der Waals surface area (Å²) in [6.07, 6.45) is 0.316. The summed E-state index contributed by atoms with van der Waals surface area (Å²) in [4.78, 5) is 14.4. The summed E-state index contributed by atoms with van der Waals surface area (Å²) >= 11 is 0. The molecule has 0 aliphatic rings. The highest BCUT2D eigenvalue weighted by molar-refractivity contribution is 6.02. The quantitative estimate of drug-likeness (QED) is 0.604. The number of anilines is 1. The van der Waals surface area contributed by atoms with E-state index in [9.17, 15) is 18.0 Å². The summed E-state index contributed by atoms with van der Waals surface area (Å²) in [7, 11) is 3.92. The number of nitrogens with one attached hydrogen (secondary N) is 1. The Morgan fingerprint density at radius 2 is 2.03 bits per heavy atom. The number of ether oxygens (including phenoxy) is 1. The summed E-state index contributed by atoms with van der Waals surface area (Å²) in [6, 6.07) is 6.04. The summed E-state index contributed by atoms with van der Waals surface area (Å²) in [5.41, 5.74) is -0.121. The average molecular weight is 422 g/mol.